The fraction of sp³-hybridized carbons (Fsp3) is 0.519. The summed E-state index contributed by atoms with van der Waals surface area (Å²) >= 11 is 20.4. The lowest BCUT2D eigenvalue weighted by molar-refractivity contribution is -0.152. The molecule has 0 aromatic heterocycles. The Labute approximate surface area is 497 Å². The van der Waals surface area contributed by atoms with Gasteiger partial charge < -0.3 is 53.0 Å². The highest BCUT2D eigenvalue weighted by molar-refractivity contribution is 8.04. The maximum Gasteiger partial charge on any atom is 0.394 e. The van der Waals surface area contributed by atoms with E-state index in [0.29, 0.717) is 74.5 Å². The molecule has 2 unspecified atom stereocenters. The van der Waals surface area contributed by atoms with Crippen molar-refractivity contribution in [1.29, 1.82) is 5.26 Å². The minimum absolute atomic E-state index is 0.00134. The summed E-state index contributed by atoms with van der Waals surface area (Å²) in [5.41, 5.74) is 4.10. The molecule has 4 heterocycles. The van der Waals surface area contributed by atoms with Crippen LogP contribution in [0.4, 0.5) is 17.1 Å². The lowest BCUT2D eigenvalue weighted by Gasteiger charge is -2.26. The molecular weight excluding hydrogens is 1170 g/mol. The van der Waals surface area contributed by atoms with Crippen molar-refractivity contribution in [3.05, 3.63) is 92.8 Å². The number of hydrogen-bond donors (Lipinski definition) is 1. The number of esters is 6. The van der Waals surface area contributed by atoms with E-state index in [1.54, 1.807) is 88.3 Å². The van der Waals surface area contributed by atoms with Crippen LogP contribution in [0.3, 0.4) is 0 Å². The van der Waals surface area contributed by atoms with Gasteiger partial charge in [-0.15, -0.1) is 0 Å². The van der Waals surface area contributed by atoms with Crippen LogP contribution in [0.25, 0.3) is 4.85 Å². The van der Waals surface area contributed by atoms with Gasteiger partial charge in [-0.2, -0.15) is 52.3 Å². The van der Waals surface area contributed by atoms with Crippen molar-refractivity contribution in [3.8, 4) is 6.07 Å². The molecule has 2 fully saturated rings. The number of nitrogens with one attached hydrogen (secondary N) is 1. The number of rotatable bonds is 28. The number of hydrogen-bond acceptors (Lipinski definition) is 23. The molecule has 19 nitrogen and oxygen atoms in total. The Kier molecular flexibility index (Phi) is 27.7. The number of anilines is 3. The summed E-state index contributed by atoms with van der Waals surface area (Å²) in [6, 6.07) is 11.0. The molecule has 0 aliphatic carbocycles. The second-order valence-electron chi connectivity index (χ2n) is 18.1. The van der Waals surface area contributed by atoms with Gasteiger partial charge in [0.15, 0.2) is 11.7 Å². The molecule has 0 saturated carbocycles. The maximum absolute atomic E-state index is 13.3. The third kappa shape index (κ3) is 21.1. The Hall–Kier alpha value is -4.89. The van der Waals surface area contributed by atoms with Crippen molar-refractivity contribution in [2.45, 2.75) is 67.8 Å². The first kappa shape index (κ1) is 64.3. The van der Waals surface area contributed by atoms with E-state index in [9.17, 15) is 34.0 Å². The monoisotopic (exact) mass is 1240 g/mol. The number of nitrogens with zero attached hydrogens (tertiary/aromatic N) is 4. The Morgan fingerprint density at radius 1 is 0.675 bits per heavy atom. The molecule has 0 amide bonds. The first-order valence-corrected chi connectivity index (χ1v) is 31.8. The van der Waals surface area contributed by atoms with E-state index < -0.39 is 48.0 Å². The lowest BCUT2D eigenvalue weighted by Crippen LogP contribution is -2.48. The molecule has 6 rings (SSSR count). The van der Waals surface area contributed by atoms with Gasteiger partial charge >= 0.3 is 41.9 Å². The van der Waals surface area contributed by atoms with E-state index in [2.05, 4.69) is 23.3 Å². The predicted molar refractivity (Wildman–Crippen MR) is 314 cm³/mol. The summed E-state index contributed by atoms with van der Waals surface area (Å²) < 4.78 is 44.0. The van der Waals surface area contributed by atoms with Crippen LogP contribution < -0.4 is 15.1 Å². The second-order valence-corrected chi connectivity index (χ2v) is 24.2. The van der Waals surface area contributed by atoms with Gasteiger partial charge in [-0.25, -0.2) is 16.2 Å². The van der Waals surface area contributed by atoms with Crippen LogP contribution in [-0.4, -0.2) is 172 Å². The van der Waals surface area contributed by atoms with Gasteiger partial charge in [-0.1, -0.05) is 59.3 Å². The fourth-order valence-corrected chi connectivity index (χ4v) is 14.1. The van der Waals surface area contributed by atoms with Crippen molar-refractivity contribution in [2.24, 2.45) is 0 Å². The smallest absolute Gasteiger partial charge is 0.394 e. The first-order valence-electron chi connectivity index (χ1n) is 25.6. The molecule has 4 aliphatic rings. The van der Waals surface area contributed by atoms with Crippen LogP contribution in [0.15, 0.2) is 76.2 Å². The third-order valence-electron chi connectivity index (χ3n) is 11.8. The summed E-state index contributed by atoms with van der Waals surface area (Å²) in [5.74, 6) is 2.36. The van der Waals surface area contributed by atoms with E-state index in [1.165, 1.54) is 11.8 Å². The number of halogens is 2. The zero-order chi connectivity index (χ0) is 57.2. The summed E-state index contributed by atoms with van der Waals surface area (Å²) in [4.78, 5) is 84.4. The first-order chi connectivity index (χ1) is 38.7. The van der Waals surface area contributed by atoms with Crippen molar-refractivity contribution in [2.75, 3.05) is 127 Å². The minimum Gasteiger partial charge on any atom is -0.466 e. The normalized spacial score (nSPS) is 17.6. The average molecular weight is 1240 g/mol. The van der Waals surface area contributed by atoms with Gasteiger partial charge in [0.05, 0.1) is 82.4 Å². The van der Waals surface area contributed by atoms with E-state index >= 15 is 0 Å². The quantitative estimate of drug-likeness (QED) is 0.0160. The molecular formula is C54H63Cl2N5O14S5. The van der Waals surface area contributed by atoms with E-state index in [-0.39, 0.29) is 103 Å². The fourth-order valence-electron chi connectivity index (χ4n) is 8.07. The number of nitriles is 1. The summed E-state index contributed by atoms with van der Waals surface area (Å²) in [6.07, 6.45) is -1.02. The highest BCUT2D eigenvalue weighted by Crippen LogP contribution is 2.48. The van der Waals surface area contributed by atoms with Crippen LogP contribution in [-0.2, 0) is 66.7 Å². The lowest BCUT2D eigenvalue weighted by atomic mass is 10.2. The van der Waals surface area contributed by atoms with Gasteiger partial charge in [-0.3, -0.25) is 24.0 Å². The number of thioether (sulfide) groups is 5. The zero-order valence-corrected chi connectivity index (χ0v) is 49.6. The topological polar surface area (TPSA) is 223 Å². The highest BCUT2D eigenvalue weighted by atomic mass is 35.5. The van der Waals surface area contributed by atoms with Crippen LogP contribution in [0.1, 0.15) is 38.5 Å². The van der Waals surface area contributed by atoms with Gasteiger partial charge in [0.2, 0.25) is 0 Å². The Bertz CT molecular complexity index is 2630. The van der Waals surface area contributed by atoms with Crippen molar-refractivity contribution < 1.29 is 66.7 Å². The summed E-state index contributed by atoms with van der Waals surface area (Å²) in [7, 11) is 0. The van der Waals surface area contributed by atoms with Crippen LogP contribution in [0.5, 0.6) is 0 Å². The second kappa shape index (κ2) is 34.5. The Morgan fingerprint density at radius 3 is 1.73 bits per heavy atom. The molecule has 1 N–H and O–H groups in total. The number of fused-ring (bicyclic) bond motifs is 2. The number of carbonyl (C=O) groups is 6. The van der Waals surface area contributed by atoms with Crippen molar-refractivity contribution in [1.82, 2.24) is 0 Å². The molecule has 2 atom stereocenters. The Balaban J connectivity index is 0.855. The van der Waals surface area contributed by atoms with E-state index in [4.69, 9.17) is 67.7 Å². The van der Waals surface area contributed by atoms with E-state index in [1.807, 2.05) is 11.0 Å². The predicted octanol–water partition coefficient (Wildman–Crippen LogP) is 8.63. The Morgan fingerprint density at radius 2 is 1.18 bits per heavy atom. The maximum atomic E-state index is 13.3. The average Bonchev–Trinajstić information content (AvgIpc) is 3.95. The highest BCUT2D eigenvalue weighted by Gasteiger charge is 2.44. The summed E-state index contributed by atoms with van der Waals surface area (Å²) in [5, 5.41) is 14.6. The minimum atomic E-state index is -1.29. The number of benzene rings is 2. The standard InChI is InChI=1S/C54H63Cl2N5O14S5/c1-35-27-76-31-39(32-77-28-35)74-48(64)12-10-46(62)70-16-4-14-60-43-8-6-37(55)24-42(43)59-51(60)50(58-3)54(67)73-23-21-69-19-18-68-20-22-72-53(66)41(26-57)52-61(44-9-7-38(56)25-45(44)80-52)15-5-17-71-47(63)11-13-49(65)75-40-33-78-29-36(2)30-79-34-40/h6-9,24-25,39-40,50-51,59H,1-2,4-5,10-23,27-34H2/b52-41-. The van der Waals surface area contributed by atoms with Gasteiger partial charge in [0, 0.05) is 74.1 Å². The molecule has 2 saturated heterocycles. The SMILES string of the molecule is [C-]#[N+]C(C(=O)OCCOCCOCCOC(=O)/C(C#N)=C1\Sc2cc(Cl)ccc2N1CCCOC(=O)CCC(=O)OC1CSCC(=C)CSC1)C1Nc2cc(Cl)ccc2N1CCCOC(=O)CCC(=O)OC1CSCC(=C)CSC1. The summed E-state index contributed by atoms with van der Waals surface area (Å²) in [6.45, 7) is 16.5. The molecule has 0 bridgehead atoms. The van der Waals surface area contributed by atoms with Gasteiger partial charge in [-0.05, 0) is 49.2 Å². The van der Waals surface area contributed by atoms with Gasteiger partial charge in [0.1, 0.15) is 36.5 Å². The zero-order valence-electron chi connectivity index (χ0n) is 44.0. The molecule has 2 aromatic carbocycles. The molecule has 80 heavy (non-hydrogen) atoms. The molecule has 0 radical (unpaired) electrons. The largest absolute Gasteiger partial charge is 0.466 e. The number of ether oxygens (including phenoxy) is 8. The van der Waals surface area contributed by atoms with Crippen molar-refractivity contribution in [3.63, 3.8) is 0 Å². The molecule has 2 aromatic rings. The van der Waals surface area contributed by atoms with Crippen LogP contribution in [0.2, 0.25) is 10.0 Å². The van der Waals surface area contributed by atoms with Crippen LogP contribution >= 0.6 is 82.0 Å². The molecule has 4 aliphatic heterocycles. The molecule has 0 spiro atoms. The van der Waals surface area contributed by atoms with E-state index in [0.717, 1.165) is 39.1 Å². The van der Waals surface area contributed by atoms with Crippen molar-refractivity contribution >= 4 is 135 Å². The number of carbonyl (C=O) groups excluding carboxylic acids is 6. The molecule has 26 heteroatoms. The molecule has 432 valence electrons. The van der Waals surface area contributed by atoms with Crippen LogP contribution in [0, 0.1) is 17.9 Å². The van der Waals surface area contributed by atoms with Gasteiger partial charge in [0.25, 0.3) is 0 Å². The third-order valence-corrected chi connectivity index (χ3v) is 18.3.